The molecule has 0 radical (unpaired) electrons. The van der Waals surface area contributed by atoms with Gasteiger partial charge in [-0.1, -0.05) is 6.07 Å². The van der Waals surface area contributed by atoms with Gasteiger partial charge in [0.15, 0.2) is 11.6 Å². The number of nitrogens with zero attached hydrogens (tertiary/aromatic N) is 2. The zero-order valence-electron chi connectivity index (χ0n) is 16.6. The molecule has 1 aromatic heterocycles. The maximum Gasteiger partial charge on any atom is 0.290 e. The van der Waals surface area contributed by atoms with Crippen molar-refractivity contribution in [3.05, 3.63) is 40.2 Å². The number of hydrogen-bond donors (Lipinski definition) is 3. The van der Waals surface area contributed by atoms with Crippen molar-refractivity contribution in [1.82, 2.24) is 9.78 Å². The monoisotopic (exact) mass is 395 g/mol. The molecule has 1 aromatic carbocycles. The first-order valence-electron chi connectivity index (χ1n) is 9.89. The van der Waals surface area contributed by atoms with E-state index in [2.05, 4.69) is 15.7 Å². The van der Waals surface area contributed by atoms with Crippen LogP contribution in [0.5, 0.6) is 5.75 Å². The fourth-order valence-corrected chi connectivity index (χ4v) is 3.23. The Morgan fingerprint density at radius 3 is 2.66 bits per heavy atom. The SMILES string of the molecule is COc1c(Nc2cc(NC(=O)C3CC3)nn(CC3CC3)c2=O)cccc1C(C)=N. The number of carbonyl (C=O) groups excluding carboxylic acids is 1. The minimum Gasteiger partial charge on any atom is -0.494 e. The molecule has 2 aromatic rings. The fraction of sp³-hybridized carbons (Fsp3) is 0.429. The van der Waals surface area contributed by atoms with E-state index in [4.69, 9.17) is 10.1 Å². The third kappa shape index (κ3) is 4.31. The molecule has 2 aliphatic carbocycles. The zero-order valence-corrected chi connectivity index (χ0v) is 16.6. The number of amides is 1. The Labute approximate surface area is 168 Å². The summed E-state index contributed by atoms with van der Waals surface area (Å²) in [5, 5.41) is 18.3. The van der Waals surface area contributed by atoms with E-state index in [0.29, 0.717) is 46.7 Å². The summed E-state index contributed by atoms with van der Waals surface area (Å²) in [7, 11) is 1.53. The van der Waals surface area contributed by atoms with Crippen LogP contribution in [0.1, 0.15) is 38.2 Å². The van der Waals surface area contributed by atoms with Crippen LogP contribution in [-0.4, -0.2) is 28.5 Å². The quantitative estimate of drug-likeness (QED) is 0.595. The van der Waals surface area contributed by atoms with Gasteiger partial charge in [0.1, 0.15) is 5.69 Å². The number of benzene rings is 1. The smallest absolute Gasteiger partial charge is 0.290 e. The first kappa shape index (κ1) is 19.2. The highest BCUT2D eigenvalue weighted by Gasteiger charge is 2.30. The minimum absolute atomic E-state index is 0.0457. The molecule has 3 N–H and O–H groups in total. The molecule has 0 saturated heterocycles. The van der Waals surface area contributed by atoms with E-state index in [0.717, 1.165) is 25.7 Å². The summed E-state index contributed by atoms with van der Waals surface area (Å²) in [6.45, 7) is 2.22. The third-order valence-electron chi connectivity index (χ3n) is 5.19. The number of rotatable bonds is 8. The van der Waals surface area contributed by atoms with Crippen LogP contribution in [0, 0.1) is 17.2 Å². The standard InChI is InChI=1S/C21H25N5O3/c1-12(22)15-4-3-5-16(19(15)29-2)23-17-10-18(24-20(27)14-8-9-14)25-26(21(17)28)11-13-6-7-13/h3-5,10,13-14,22-23H,6-9,11H2,1-2H3,(H,24,25,27). The summed E-state index contributed by atoms with van der Waals surface area (Å²) in [6.07, 6.45) is 3.96. The topological polar surface area (TPSA) is 109 Å². The predicted octanol–water partition coefficient (Wildman–Crippen LogP) is 3.14. The Hall–Kier alpha value is -3.16. The molecule has 8 heteroatoms. The Balaban J connectivity index is 1.70. The minimum atomic E-state index is -0.250. The van der Waals surface area contributed by atoms with Gasteiger partial charge in [-0.2, -0.15) is 5.10 Å². The Bertz CT molecular complexity index is 1020. The second-order valence-corrected chi connectivity index (χ2v) is 7.77. The lowest BCUT2D eigenvalue weighted by Gasteiger charge is -2.16. The highest BCUT2D eigenvalue weighted by atomic mass is 16.5. The van der Waals surface area contributed by atoms with Gasteiger partial charge in [0, 0.05) is 29.8 Å². The van der Waals surface area contributed by atoms with Gasteiger partial charge in [-0.3, -0.25) is 9.59 Å². The lowest BCUT2D eigenvalue weighted by Crippen LogP contribution is -2.28. The highest BCUT2D eigenvalue weighted by molar-refractivity contribution is 6.01. The fourth-order valence-electron chi connectivity index (χ4n) is 3.23. The van der Waals surface area contributed by atoms with Crippen LogP contribution in [0.3, 0.4) is 0 Å². The van der Waals surface area contributed by atoms with Crippen LogP contribution in [-0.2, 0) is 11.3 Å². The van der Waals surface area contributed by atoms with Crippen LogP contribution in [0.2, 0.25) is 0 Å². The van der Waals surface area contributed by atoms with E-state index < -0.39 is 0 Å². The normalized spacial score (nSPS) is 15.7. The van der Waals surface area contributed by atoms with E-state index in [9.17, 15) is 9.59 Å². The first-order chi connectivity index (χ1) is 14.0. The summed E-state index contributed by atoms with van der Waals surface area (Å²) in [6, 6.07) is 6.96. The summed E-state index contributed by atoms with van der Waals surface area (Å²) >= 11 is 0. The Morgan fingerprint density at radius 2 is 2.03 bits per heavy atom. The Morgan fingerprint density at radius 1 is 1.28 bits per heavy atom. The van der Waals surface area contributed by atoms with Crippen LogP contribution >= 0.6 is 0 Å². The molecule has 1 amide bonds. The Kier molecular flexibility index (Phi) is 5.08. The molecule has 0 unspecified atom stereocenters. The van der Waals surface area contributed by atoms with Gasteiger partial charge in [0.05, 0.1) is 12.8 Å². The van der Waals surface area contributed by atoms with Gasteiger partial charge in [-0.05, 0) is 50.7 Å². The van der Waals surface area contributed by atoms with Crippen molar-refractivity contribution in [3.8, 4) is 5.75 Å². The third-order valence-corrected chi connectivity index (χ3v) is 5.19. The lowest BCUT2D eigenvalue weighted by molar-refractivity contribution is -0.117. The molecule has 0 aliphatic heterocycles. The van der Waals surface area contributed by atoms with Gasteiger partial charge in [0.2, 0.25) is 5.91 Å². The maximum atomic E-state index is 13.0. The number of ether oxygens (including phenoxy) is 1. The van der Waals surface area contributed by atoms with Gasteiger partial charge in [-0.15, -0.1) is 0 Å². The average molecular weight is 395 g/mol. The number of carbonyl (C=O) groups is 1. The van der Waals surface area contributed by atoms with E-state index in [-0.39, 0.29) is 17.4 Å². The molecule has 0 bridgehead atoms. The van der Waals surface area contributed by atoms with E-state index in [1.807, 2.05) is 0 Å². The molecule has 2 aliphatic rings. The largest absolute Gasteiger partial charge is 0.494 e. The van der Waals surface area contributed by atoms with Crippen molar-refractivity contribution in [3.63, 3.8) is 0 Å². The molecule has 2 saturated carbocycles. The van der Waals surface area contributed by atoms with Crippen molar-refractivity contribution in [2.24, 2.45) is 11.8 Å². The molecule has 4 rings (SSSR count). The van der Waals surface area contributed by atoms with Crippen molar-refractivity contribution in [2.75, 3.05) is 17.7 Å². The van der Waals surface area contributed by atoms with Gasteiger partial charge >= 0.3 is 0 Å². The number of para-hydroxylation sites is 1. The van der Waals surface area contributed by atoms with Crippen molar-refractivity contribution in [2.45, 2.75) is 39.2 Å². The molecule has 29 heavy (non-hydrogen) atoms. The molecule has 8 nitrogen and oxygen atoms in total. The molecule has 0 atom stereocenters. The number of methoxy groups -OCH3 is 1. The second-order valence-electron chi connectivity index (χ2n) is 7.77. The zero-order chi connectivity index (χ0) is 20.5. The summed E-state index contributed by atoms with van der Waals surface area (Å²) in [5.74, 6) is 1.31. The molecular weight excluding hydrogens is 370 g/mol. The summed E-state index contributed by atoms with van der Waals surface area (Å²) < 4.78 is 6.92. The van der Waals surface area contributed by atoms with Crippen molar-refractivity contribution < 1.29 is 9.53 Å². The van der Waals surface area contributed by atoms with Crippen LogP contribution < -0.4 is 20.9 Å². The number of nitrogens with one attached hydrogen (secondary N) is 3. The number of aromatic nitrogens is 2. The molecule has 152 valence electrons. The summed E-state index contributed by atoms with van der Waals surface area (Å²) in [4.78, 5) is 25.2. The van der Waals surface area contributed by atoms with E-state index in [1.54, 1.807) is 31.2 Å². The van der Waals surface area contributed by atoms with Gasteiger partial charge in [-0.25, -0.2) is 4.68 Å². The molecule has 1 heterocycles. The van der Waals surface area contributed by atoms with E-state index >= 15 is 0 Å². The lowest BCUT2D eigenvalue weighted by atomic mass is 10.1. The van der Waals surface area contributed by atoms with Crippen molar-refractivity contribution >= 4 is 28.8 Å². The predicted molar refractivity (Wildman–Crippen MR) is 111 cm³/mol. The second kappa shape index (κ2) is 7.69. The highest BCUT2D eigenvalue weighted by Crippen LogP contribution is 2.33. The number of anilines is 3. The van der Waals surface area contributed by atoms with Crippen LogP contribution in [0.15, 0.2) is 29.1 Å². The van der Waals surface area contributed by atoms with Gasteiger partial charge in [0.25, 0.3) is 5.56 Å². The average Bonchev–Trinajstić information content (AvgIpc) is 3.59. The summed E-state index contributed by atoms with van der Waals surface area (Å²) in [5.41, 5.74) is 1.65. The number of hydrogen-bond acceptors (Lipinski definition) is 6. The van der Waals surface area contributed by atoms with Crippen molar-refractivity contribution in [1.29, 1.82) is 5.41 Å². The maximum absolute atomic E-state index is 13.0. The molecule has 0 spiro atoms. The van der Waals surface area contributed by atoms with Crippen LogP contribution in [0.25, 0.3) is 0 Å². The molecular formula is C21H25N5O3. The van der Waals surface area contributed by atoms with Crippen LogP contribution in [0.4, 0.5) is 17.2 Å². The molecule has 2 fully saturated rings. The van der Waals surface area contributed by atoms with E-state index in [1.165, 1.54) is 11.8 Å². The first-order valence-corrected chi connectivity index (χ1v) is 9.89. The van der Waals surface area contributed by atoms with Gasteiger partial charge < -0.3 is 20.8 Å².